The number of hydrogen-bond donors (Lipinski definition) is 1. The molecule has 4 heteroatoms. The second-order valence-electron chi connectivity index (χ2n) is 6.69. The van der Waals surface area contributed by atoms with Crippen molar-refractivity contribution in [1.29, 1.82) is 0 Å². The average molecular weight is 264 g/mol. The first-order valence-electron chi connectivity index (χ1n) is 7.64. The Morgan fingerprint density at radius 1 is 1.16 bits per heavy atom. The van der Waals surface area contributed by atoms with Gasteiger partial charge in [-0.25, -0.2) is 0 Å². The Morgan fingerprint density at radius 2 is 1.79 bits per heavy atom. The van der Waals surface area contributed by atoms with E-state index in [1.807, 2.05) is 0 Å². The Morgan fingerprint density at radius 3 is 2.26 bits per heavy atom. The Hall–Kier alpha value is -0.900. The fourth-order valence-corrected chi connectivity index (χ4v) is 3.72. The van der Waals surface area contributed by atoms with Crippen LogP contribution in [0.3, 0.4) is 0 Å². The van der Waals surface area contributed by atoms with Gasteiger partial charge in [-0.15, -0.1) is 10.2 Å². The van der Waals surface area contributed by atoms with Crippen LogP contribution >= 0.6 is 0 Å². The maximum absolute atomic E-state index is 5.82. The number of nitrogens with two attached hydrogens (primary N) is 1. The van der Waals surface area contributed by atoms with Gasteiger partial charge >= 0.3 is 0 Å². The topological polar surface area (TPSA) is 56.7 Å². The van der Waals surface area contributed by atoms with Crippen LogP contribution in [0.1, 0.15) is 77.5 Å². The molecular formula is C15H28N4. The lowest BCUT2D eigenvalue weighted by Crippen LogP contribution is -2.30. The molecule has 1 aliphatic rings. The van der Waals surface area contributed by atoms with E-state index < -0.39 is 0 Å². The van der Waals surface area contributed by atoms with Crippen LogP contribution in [0.15, 0.2) is 0 Å². The monoisotopic (exact) mass is 264 g/mol. The lowest BCUT2D eigenvalue weighted by atomic mass is 9.77. The van der Waals surface area contributed by atoms with Crippen molar-refractivity contribution in [3.8, 4) is 0 Å². The van der Waals surface area contributed by atoms with Crippen LogP contribution in [-0.2, 0) is 12.0 Å². The molecule has 19 heavy (non-hydrogen) atoms. The Labute approximate surface area is 116 Å². The predicted octanol–water partition coefficient (Wildman–Crippen LogP) is 3.18. The minimum atomic E-state index is 0.235. The molecule has 0 saturated heterocycles. The van der Waals surface area contributed by atoms with Gasteiger partial charge in [0.15, 0.2) is 0 Å². The zero-order valence-electron chi connectivity index (χ0n) is 12.8. The minimum Gasteiger partial charge on any atom is -0.324 e. The van der Waals surface area contributed by atoms with E-state index in [-0.39, 0.29) is 5.41 Å². The predicted molar refractivity (Wildman–Crippen MR) is 77.9 cm³/mol. The normalized spacial score (nSPS) is 18.7. The SMILES string of the molecule is CC(C)CC1(c2nnc(CN)n2C(C)C)CCCC1. The summed E-state index contributed by atoms with van der Waals surface area (Å²) in [4.78, 5) is 0. The van der Waals surface area contributed by atoms with Crippen LogP contribution in [0.4, 0.5) is 0 Å². The number of rotatable bonds is 5. The minimum absolute atomic E-state index is 0.235. The van der Waals surface area contributed by atoms with E-state index >= 15 is 0 Å². The Balaban J connectivity index is 2.45. The van der Waals surface area contributed by atoms with E-state index in [1.165, 1.54) is 37.9 Å². The van der Waals surface area contributed by atoms with Crippen molar-refractivity contribution in [3.05, 3.63) is 11.6 Å². The molecule has 1 saturated carbocycles. The zero-order chi connectivity index (χ0) is 14.0. The highest BCUT2D eigenvalue weighted by Gasteiger charge is 2.41. The quantitative estimate of drug-likeness (QED) is 0.888. The first-order valence-corrected chi connectivity index (χ1v) is 7.64. The third-order valence-corrected chi connectivity index (χ3v) is 4.30. The molecular weight excluding hydrogens is 236 g/mol. The van der Waals surface area contributed by atoms with Crippen LogP contribution < -0.4 is 5.73 Å². The molecule has 0 spiro atoms. The maximum Gasteiger partial charge on any atom is 0.147 e. The summed E-state index contributed by atoms with van der Waals surface area (Å²) in [5.74, 6) is 2.81. The van der Waals surface area contributed by atoms with Crippen LogP contribution in [0.5, 0.6) is 0 Å². The van der Waals surface area contributed by atoms with E-state index in [1.54, 1.807) is 0 Å². The lowest BCUT2D eigenvalue weighted by Gasteiger charge is -2.31. The molecule has 0 bridgehead atoms. The van der Waals surface area contributed by atoms with E-state index in [0.717, 1.165) is 5.82 Å². The molecule has 0 aliphatic heterocycles. The summed E-state index contributed by atoms with van der Waals surface area (Å²) in [7, 11) is 0. The van der Waals surface area contributed by atoms with Crippen molar-refractivity contribution in [1.82, 2.24) is 14.8 Å². The second kappa shape index (κ2) is 5.61. The van der Waals surface area contributed by atoms with Gasteiger partial charge in [0.25, 0.3) is 0 Å². The largest absolute Gasteiger partial charge is 0.324 e. The zero-order valence-corrected chi connectivity index (χ0v) is 12.8. The van der Waals surface area contributed by atoms with E-state index in [2.05, 4.69) is 42.5 Å². The van der Waals surface area contributed by atoms with Crippen molar-refractivity contribution in [2.24, 2.45) is 11.7 Å². The van der Waals surface area contributed by atoms with Crippen LogP contribution in [0.25, 0.3) is 0 Å². The molecule has 0 unspecified atom stereocenters. The number of hydrogen-bond acceptors (Lipinski definition) is 3. The Bertz CT molecular complexity index is 414. The second-order valence-corrected chi connectivity index (χ2v) is 6.69. The third-order valence-electron chi connectivity index (χ3n) is 4.30. The van der Waals surface area contributed by atoms with Crippen molar-refractivity contribution in [3.63, 3.8) is 0 Å². The summed E-state index contributed by atoms with van der Waals surface area (Å²) >= 11 is 0. The van der Waals surface area contributed by atoms with Gasteiger partial charge < -0.3 is 10.3 Å². The molecule has 2 N–H and O–H groups in total. The molecule has 4 nitrogen and oxygen atoms in total. The fraction of sp³-hybridized carbons (Fsp3) is 0.867. The fourth-order valence-electron chi connectivity index (χ4n) is 3.72. The van der Waals surface area contributed by atoms with Crippen molar-refractivity contribution in [2.75, 3.05) is 0 Å². The molecule has 1 aromatic rings. The molecule has 1 fully saturated rings. The first kappa shape index (κ1) is 14.5. The van der Waals surface area contributed by atoms with Crippen LogP contribution in [-0.4, -0.2) is 14.8 Å². The lowest BCUT2D eigenvalue weighted by molar-refractivity contribution is 0.309. The van der Waals surface area contributed by atoms with Gasteiger partial charge in [-0.05, 0) is 39.0 Å². The molecule has 1 aromatic heterocycles. The molecule has 108 valence electrons. The third kappa shape index (κ3) is 2.69. The summed E-state index contributed by atoms with van der Waals surface area (Å²) in [6.07, 6.45) is 6.34. The first-order chi connectivity index (χ1) is 9.00. The van der Waals surface area contributed by atoms with E-state index in [9.17, 15) is 0 Å². The summed E-state index contributed by atoms with van der Waals surface area (Å²) in [6.45, 7) is 9.48. The van der Waals surface area contributed by atoms with Gasteiger partial charge in [-0.2, -0.15) is 0 Å². The summed E-state index contributed by atoms with van der Waals surface area (Å²) in [6, 6.07) is 0.383. The summed E-state index contributed by atoms with van der Waals surface area (Å²) in [5.41, 5.74) is 6.06. The molecule has 1 aliphatic carbocycles. The number of aromatic nitrogens is 3. The molecule has 0 atom stereocenters. The maximum atomic E-state index is 5.82. The van der Waals surface area contributed by atoms with Crippen molar-refractivity contribution in [2.45, 2.75) is 77.8 Å². The number of nitrogens with zero attached hydrogens (tertiary/aromatic N) is 3. The van der Waals surface area contributed by atoms with Crippen LogP contribution in [0.2, 0.25) is 0 Å². The van der Waals surface area contributed by atoms with Crippen molar-refractivity contribution < 1.29 is 0 Å². The molecule has 0 amide bonds. The van der Waals surface area contributed by atoms with Gasteiger partial charge in [0.1, 0.15) is 11.6 Å². The van der Waals surface area contributed by atoms with E-state index in [4.69, 9.17) is 5.73 Å². The van der Waals surface area contributed by atoms with Gasteiger partial charge in [-0.1, -0.05) is 26.7 Å². The molecule has 1 heterocycles. The van der Waals surface area contributed by atoms with Gasteiger partial charge in [0.05, 0.1) is 6.54 Å². The van der Waals surface area contributed by atoms with E-state index in [0.29, 0.717) is 18.5 Å². The molecule has 0 radical (unpaired) electrons. The van der Waals surface area contributed by atoms with Gasteiger partial charge in [-0.3, -0.25) is 0 Å². The standard InChI is InChI=1S/C15H28N4/c1-11(2)9-15(7-5-6-8-15)14-18-17-13(10-16)19(14)12(3)4/h11-12H,5-10,16H2,1-4H3. The highest BCUT2D eigenvalue weighted by Crippen LogP contribution is 2.45. The smallest absolute Gasteiger partial charge is 0.147 e. The molecule has 0 aromatic carbocycles. The average Bonchev–Trinajstić information content (AvgIpc) is 2.93. The highest BCUT2D eigenvalue weighted by atomic mass is 15.3. The Kier molecular flexibility index (Phi) is 4.29. The van der Waals surface area contributed by atoms with Gasteiger partial charge in [0.2, 0.25) is 0 Å². The summed E-state index contributed by atoms with van der Waals surface area (Å²) < 4.78 is 2.29. The van der Waals surface area contributed by atoms with Crippen molar-refractivity contribution >= 4 is 0 Å². The molecule has 2 rings (SSSR count). The summed E-state index contributed by atoms with van der Waals surface area (Å²) in [5, 5.41) is 8.89. The van der Waals surface area contributed by atoms with Crippen LogP contribution in [0, 0.1) is 5.92 Å². The highest BCUT2D eigenvalue weighted by molar-refractivity contribution is 5.14. The van der Waals surface area contributed by atoms with Gasteiger partial charge in [0, 0.05) is 11.5 Å².